The average molecular weight is 193 g/mol. The lowest BCUT2D eigenvalue weighted by Crippen LogP contribution is -2.35. The van der Waals surface area contributed by atoms with Crippen molar-refractivity contribution in [2.75, 3.05) is 0 Å². The third kappa shape index (κ3) is 1.11. The number of carbonyl (C=O) groups is 2. The summed E-state index contributed by atoms with van der Waals surface area (Å²) in [6.07, 6.45) is 3.67. The molecule has 3 nitrogen and oxygen atoms in total. The van der Waals surface area contributed by atoms with Gasteiger partial charge in [0.15, 0.2) is 0 Å². The van der Waals surface area contributed by atoms with E-state index in [-0.39, 0.29) is 23.3 Å². The van der Waals surface area contributed by atoms with E-state index >= 15 is 0 Å². The highest BCUT2D eigenvalue weighted by Gasteiger charge is 2.58. The van der Waals surface area contributed by atoms with Gasteiger partial charge in [-0.3, -0.25) is 14.5 Å². The van der Waals surface area contributed by atoms with Crippen molar-refractivity contribution in [3.05, 3.63) is 12.2 Å². The number of hydrogen-bond acceptors (Lipinski definition) is 2. The van der Waals surface area contributed by atoms with E-state index in [9.17, 15) is 9.59 Å². The summed E-state index contributed by atoms with van der Waals surface area (Å²) in [6.45, 7) is 6.41. The fourth-order valence-corrected chi connectivity index (χ4v) is 2.08. The van der Waals surface area contributed by atoms with Crippen LogP contribution >= 0.6 is 0 Å². The summed E-state index contributed by atoms with van der Waals surface area (Å²) in [4.78, 5) is 24.2. The molecular weight excluding hydrogens is 178 g/mol. The van der Waals surface area contributed by atoms with Crippen molar-refractivity contribution < 1.29 is 9.59 Å². The number of amides is 2. The van der Waals surface area contributed by atoms with E-state index in [2.05, 4.69) is 20.8 Å². The van der Waals surface area contributed by atoms with Crippen LogP contribution in [0.4, 0.5) is 0 Å². The minimum absolute atomic E-state index is 0.123. The molecular formula is C11H15NO2. The predicted octanol–water partition coefficient (Wildman–Crippen LogP) is 1.35. The summed E-state index contributed by atoms with van der Waals surface area (Å²) < 4.78 is 0. The smallest absolute Gasteiger partial charge is 0.253 e. The maximum Gasteiger partial charge on any atom is 0.253 e. The number of imide groups is 1. The molecule has 0 saturated heterocycles. The molecule has 3 heteroatoms. The van der Waals surface area contributed by atoms with Crippen molar-refractivity contribution >= 4 is 11.8 Å². The minimum atomic E-state index is -0.149. The molecule has 76 valence electrons. The zero-order valence-corrected chi connectivity index (χ0v) is 8.78. The van der Waals surface area contributed by atoms with Crippen LogP contribution in [0, 0.1) is 11.3 Å². The van der Waals surface area contributed by atoms with Gasteiger partial charge in [-0.2, -0.15) is 0 Å². The highest BCUT2D eigenvalue weighted by Crippen LogP contribution is 2.55. The molecule has 2 atom stereocenters. The number of nitrogens with zero attached hydrogens (tertiary/aromatic N) is 1. The molecule has 2 aliphatic rings. The summed E-state index contributed by atoms with van der Waals surface area (Å²) in [5.41, 5.74) is 0.136. The predicted molar refractivity (Wildman–Crippen MR) is 52.3 cm³/mol. The van der Waals surface area contributed by atoms with Gasteiger partial charge < -0.3 is 0 Å². The highest BCUT2D eigenvalue weighted by atomic mass is 16.2. The Morgan fingerprint density at radius 2 is 1.86 bits per heavy atom. The second kappa shape index (κ2) is 2.69. The van der Waals surface area contributed by atoms with E-state index in [1.165, 1.54) is 17.1 Å². The van der Waals surface area contributed by atoms with Gasteiger partial charge in [0, 0.05) is 18.2 Å². The zero-order chi connectivity index (χ0) is 10.5. The average Bonchev–Trinajstić information content (AvgIpc) is 2.66. The summed E-state index contributed by atoms with van der Waals surface area (Å²) >= 11 is 0. The van der Waals surface area contributed by atoms with E-state index < -0.39 is 0 Å². The van der Waals surface area contributed by atoms with Crippen LogP contribution in [0.25, 0.3) is 0 Å². The van der Waals surface area contributed by atoms with Crippen LogP contribution in [0.1, 0.15) is 27.2 Å². The molecule has 0 aromatic heterocycles. The molecule has 14 heavy (non-hydrogen) atoms. The first-order valence-electron chi connectivity index (χ1n) is 5.02. The Bertz CT molecular complexity index is 314. The summed E-state index contributed by atoms with van der Waals surface area (Å²) in [6, 6.07) is 0.123. The Morgan fingerprint density at radius 1 is 1.36 bits per heavy atom. The third-order valence-corrected chi connectivity index (χ3v) is 3.71. The largest absolute Gasteiger partial charge is 0.272 e. The summed E-state index contributed by atoms with van der Waals surface area (Å²) in [5.74, 6) is 0.211. The van der Waals surface area contributed by atoms with Crippen molar-refractivity contribution in [1.29, 1.82) is 0 Å². The maximum atomic E-state index is 11.4. The van der Waals surface area contributed by atoms with Gasteiger partial charge >= 0.3 is 0 Å². The number of rotatable bonds is 2. The monoisotopic (exact) mass is 193 g/mol. The first-order valence-corrected chi connectivity index (χ1v) is 5.02. The van der Waals surface area contributed by atoms with Crippen LogP contribution in [-0.4, -0.2) is 22.8 Å². The molecule has 1 saturated carbocycles. The van der Waals surface area contributed by atoms with Gasteiger partial charge in [0.25, 0.3) is 11.8 Å². The second-order valence-corrected chi connectivity index (χ2v) is 4.76. The lowest BCUT2D eigenvalue weighted by Gasteiger charge is -2.21. The van der Waals surface area contributed by atoms with E-state index in [4.69, 9.17) is 0 Å². The molecule has 2 rings (SSSR count). The van der Waals surface area contributed by atoms with Crippen LogP contribution < -0.4 is 0 Å². The Labute approximate surface area is 83.8 Å². The molecule has 0 N–H and O–H groups in total. The van der Waals surface area contributed by atoms with Gasteiger partial charge in [0.05, 0.1) is 0 Å². The minimum Gasteiger partial charge on any atom is -0.272 e. The quantitative estimate of drug-likeness (QED) is 0.621. The van der Waals surface area contributed by atoms with E-state index in [0.29, 0.717) is 5.92 Å². The van der Waals surface area contributed by atoms with Crippen molar-refractivity contribution in [1.82, 2.24) is 4.90 Å². The molecule has 0 spiro atoms. The van der Waals surface area contributed by atoms with Crippen LogP contribution in [-0.2, 0) is 9.59 Å². The highest BCUT2D eigenvalue weighted by molar-refractivity contribution is 6.13. The van der Waals surface area contributed by atoms with Crippen molar-refractivity contribution in [2.45, 2.75) is 33.2 Å². The van der Waals surface area contributed by atoms with Gasteiger partial charge in [0.1, 0.15) is 0 Å². The van der Waals surface area contributed by atoms with Gasteiger partial charge in [0.2, 0.25) is 0 Å². The molecule has 0 radical (unpaired) electrons. The van der Waals surface area contributed by atoms with Gasteiger partial charge in [-0.05, 0) is 17.8 Å². The fourth-order valence-electron chi connectivity index (χ4n) is 2.08. The first kappa shape index (κ1) is 9.44. The van der Waals surface area contributed by atoms with E-state index in [1.807, 2.05) is 0 Å². The lowest BCUT2D eigenvalue weighted by molar-refractivity contribution is -0.138. The van der Waals surface area contributed by atoms with Crippen molar-refractivity contribution in [2.24, 2.45) is 11.3 Å². The molecule has 1 aliphatic carbocycles. The molecule has 2 unspecified atom stereocenters. The zero-order valence-electron chi connectivity index (χ0n) is 8.78. The molecule has 1 heterocycles. The Kier molecular flexibility index (Phi) is 1.81. The first-order chi connectivity index (χ1) is 6.47. The molecule has 2 amide bonds. The molecule has 0 aromatic carbocycles. The fraction of sp³-hybridized carbons (Fsp3) is 0.636. The second-order valence-electron chi connectivity index (χ2n) is 4.76. The van der Waals surface area contributed by atoms with Gasteiger partial charge in [-0.1, -0.05) is 20.8 Å². The lowest BCUT2D eigenvalue weighted by atomic mass is 9.94. The molecule has 0 bridgehead atoms. The normalized spacial score (nSPS) is 36.0. The Hall–Kier alpha value is -1.12. The molecule has 1 aliphatic heterocycles. The third-order valence-electron chi connectivity index (χ3n) is 3.71. The van der Waals surface area contributed by atoms with Gasteiger partial charge in [-0.25, -0.2) is 0 Å². The maximum absolute atomic E-state index is 11.4. The van der Waals surface area contributed by atoms with E-state index in [1.54, 1.807) is 0 Å². The standard InChI is InChI=1S/C11H15NO2/c1-7(2)11(3)6-8(11)12-9(13)4-5-10(12)14/h4-5,7-8H,6H2,1-3H3. The van der Waals surface area contributed by atoms with Crippen LogP contribution in [0.3, 0.4) is 0 Å². The molecule has 1 fully saturated rings. The van der Waals surface area contributed by atoms with Gasteiger partial charge in [-0.15, -0.1) is 0 Å². The SMILES string of the molecule is CC(C)C1(C)CC1N1C(=O)C=CC1=O. The molecule has 0 aromatic rings. The van der Waals surface area contributed by atoms with Crippen molar-refractivity contribution in [3.63, 3.8) is 0 Å². The topological polar surface area (TPSA) is 37.4 Å². The van der Waals surface area contributed by atoms with Crippen LogP contribution in [0.5, 0.6) is 0 Å². The van der Waals surface area contributed by atoms with Crippen molar-refractivity contribution in [3.8, 4) is 0 Å². The van der Waals surface area contributed by atoms with Crippen LogP contribution in [0.15, 0.2) is 12.2 Å². The van der Waals surface area contributed by atoms with Crippen LogP contribution in [0.2, 0.25) is 0 Å². The van der Waals surface area contributed by atoms with E-state index in [0.717, 1.165) is 6.42 Å². The Balaban J connectivity index is 2.14. The number of carbonyl (C=O) groups excluding carboxylic acids is 2. The number of hydrogen-bond donors (Lipinski definition) is 0. The summed E-state index contributed by atoms with van der Waals surface area (Å²) in [5, 5.41) is 0. The Morgan fingerprint density at radius 3 is 2.21 bits per heavy atom. The summed E-state index contributed by atoms with van der Waals surface area (Å²) in [7, 11) is 0.